The van der Waals surface area contributed by atoms with Crippen LogP contribution in [0.3, 0.4) is 0 Å². The molecule has 0 saturated heterocycles. The number of fused-ring (bicyclic) bond motifs is 1. The number of Topliss-reactive ketones (excluding diaryl/α,β-unsaturated/α-hetero) is 1. The summed E-state index contributed by atoms with van der Waals surface area (Å²) in [4.78, 5) is 13.5. The highest BCUT2D eigenvalue weighted by Crippen LogP contribution is 2.33. The van der Waals surface area contributed by atoms with Gasteiger partial charge in [-0.05, 0) is 42.7 Å². The second-order valence-corrected chi connectivity index (χ2v) is 6.33. The van der Waals surface area contributed by atoms with Gasteiger partial charge in [0.25, 0.3) is 0 Å². The van der Waals surface area contributed by atoms with E-state index in [-0.39, 0.29) is 11.0 Å². The zero-order valence-electron chi connectivity index (χ0n) is 10.3. The largest absolute Gasteiger partial charge is 0.293 e. The maximum absolute atomic E-state index is 12.4. The van der Waals surface area contributed by atoms with Gasteiger partial charge in [0.2, 0.25) is 0 Å². The molecule has 0 saturated carbocycles. The zero-order chi connectivity index (χ0) is 13.2. The third-order valence-corrected chi connectivity index (χ3v) is 4.87. The van der Waals surface area contributed by atoms with Gasteiger partial charge < -0.3 is 0 Å². The fourth-order valence-corrected chi connectivity index (χ4v) is 3.58. The molecular weight excluding hydrogens is 276 g/mol. The minimum atomic E-state index is 0.0241. The SMILES string of the molecule is O=C1c2ccccc2CCC1Sc1ccc(Cl)cc1. The number of thioether (sulfide) groups is 1. The van der Waals surface area contributed by atoms with Crippen molar-refractivity contribution in [2.24, 2.45) is 0 Å². The Kier molecular flexibility index (Phi) is 3.63. The molecule has 0 radical (unpaired) electrons. The van der Waals surface area contributed by atoms with E-state index in [9.17, 15) is 4.79 Å². The molecule has 19 heavy (non-hydrogen) atoms. The van der Waals surface area contributed by atoms with E-state index in [1.54, 1.807) is 11.8 Å². The van der Waals surface area contributed by atoms with Crippen molar-refractivity contribution in [2.45, 2.75) is 23.0 Å². The second-order valence-electron chi connectivity index (χ2n) is 4.62. The highest BCUT2D eigenvalue weighted by atomic mass is 35.5. The molecule has 3 heteroatoms. The molecule has 0 aromatic heterocycles. The predicted octanol–water partition coefficient (Wildman–Crippen LogP) is 4.63. The molecule has 1 aliphatic carbocycles. The number of halogens is 1. The van der Waals surface area contributed by atoms with E-state index < -0.39 is 0 Å². The molecule has 0 amide bonds. The molecule has 0 heterocycles. The lowest BCUT2D eigenvalue weighted by Crippen LogP contribution is -2.24. The Morgan fingerprint density at radius 1 is 1.05 bits per heavy atom. The van der Waals surface area contributed by atoms with Crippen LogP contribution in [0, 0.1) is 0 Å². The summed E-state index contributed by atoms with van der Waals surface area (Å²) in [5.74, 6) is 0.252. The molecule has 0 fully saturated rings. The minimum absolute atomic E-state index is 0.0241. The highest BCUT2D eigenvalue weighted by molar-refractivity contribution is 8.00. The smallest absolute Gasteiger partial charge is 0.176 e. The molecule has 1 unspecified atom stereocenters. The maximum atomic E-state index is 12.4. The Bertz CT molecular complexity index is 606. The van der Waals surface area contributed by atoms with Gasteiger partial charge in [-0.25, -0.2) is 0 Å². The molecule has 0 aliphatic heterocycles. The van der Waals surface area contributed by atoms with Crippen LogP contribution in [0.25, 0.3) is 0 Å². The van der Waals surface area contributed by atoms with E-state index >= 15 is 0 Å². The minimum Gasteiger partial charge on any atom is -0.293 e. The van der Waals surface area contributed by atoms with Crippen LogP contribution in [0.1, 0.15) is 22.3 Å². The van der Waals surface area contributed by atoms with Gasteiger partial charge in [0.05, 0.1) is 5.25 Å². The number of aryl methyl sites for hydroxylation is 1. The van der Waals surface area contributed by atoms with Gasteiger partial charge >= 0.3 is 0 Å². The summed E-state index contributed by atoms with van der Waals surface area (Å²) in [6.45, 7) is 0. The molecule has 0 bridgehead atoms. The van der Waals surface area contributed by atoms with Gasteiger partial charge in [0.15, 0.2) is 5.78 Å². The molecule has 1 atom stereocenters. The van der Waals surface area contributed by atoms with E-state index in [2.05, 4.69) is 6.07 Å². The Morgan fingerprint density at radius 3 is 2.58 bits per heavy atom. The monoisotopic (exact) mass is 288 g/mol. The zero-order valence-corrected chi connectivity index (χ0v) is 11.9. The first-order chi connectivity index (χ1) is 9.24. The van der Waals surface area contributed by atoms with Crippen molar-refractivity contribution in [1.29, 1.82) is 0 Å². The van der Waals surface area contributed by atoms with Gasteiger partial charge in [-0.2, -0.15) is 0 Å². The number of hydrogen-bond acceptors (Lipinski definition) is 2. The van der Waals surface area contributed by atoms with E-state index in [0.29, 0.717) is 0 Å². The Morgan fingerprint density at radius 2 is 1.79 bits per heavy atom. The summed E-state index contributed by atoms with van der Waals surface area (Å²) in [6.07, 6.45) is 1.89. The van der Waals surface area contributed by atoms with Crippen LogP contribution in [-0.2, 0) is 6.42 Å². The summed E-state index contributed by atoms with van der Waals surface area (Å²) in [6, 6.07) is 15.6. The van der Waals surface area contributed by atoms with Crippen LogP contribution in [0.4, 0.5) is 0 Å². The quantitative estimate of drug-likeness (QED) is 0.801. The predicted molar refractivity (Wildman–Crippen MR) is 80.2 cm³/mol. The van der Waals surface area contributed by atoms with Crippen LogP contribution < -0.4 is 0 Å². The van der Waals surface area contributed by atoms with Crippen molar-refractivity contribution in [3.63, 3.8) is 0 Å². The first kappa shape index (κ1) is 12.8. The average Bonchev–Trinajstić information content (AvgIpc) is 2.45. The molecule has 2 aromatic rings. The van der Waals surface area contributed by atoms with Crippen LogP contribution in [0.2, 0.25) is 5.02 Å². The lowest BCUT2D eigenvalue weighted by Gasteiger charge is -2.22. The van der Waals surface area contributed by atoms with Crippen molar-refractivity contribution < 1.29 is 4.79 Å². The third-order valence-electron chi connectivity index (χ3n) is 3.34. The number of rotatable bonds is 2. The Hall–Kier alpha value is -1.25. The lowest BCUT2D eigenvalue weighted by molar-refractivity contribution is 0.0979. The van der Waals surface area contributed by atoms with E-state index in [0.717, 1.165) is 28.3 Å². The molecular formula is C16H13ClOS. The Balaban J connectivity index is 1.81. The summed E-state index contributed by atoms with van der Waals surface area (Å²) in [5, 5.41) is 0.751. The summed E-state index contributed by atoms with van der Waals surface area (Å²) < 4.78 is 0. The average molecular weight is 289 g/mol. The van der Waals surface area contributed by atoms with Gasteiger partial charge in [0.1, 0.15) is 0 Å². The first-order valence-electron chi connectivity index (χ1n) is 6.28. The molecule has 0 N–H and O–H groups in total. The first-order valence-corrected chi connectivity index (χ1v) is 7.54. The Labute approximate surface area is 122 Å². The number of carbonyl (C=O) groups is 1. The second kappa shape index (κ2) is 5.40. The topological polar surface area (TPSA) is 17.1 Å². The molecule has 2 aromatic carbocycles. The fraction of sp³-hybridized carbons (Fsp3) is 0.188. The van der Waals surface area contributed by atoms with Gasteiger partial charge in [-0.3, -0.25) is 4.79 Å². The van der Waals surface area contributed by atoms with Crippen LogP contribution in [0.15, 0.2) is 53.4 Å². The van der Waals surface area contributed by atoms with Crippen molar-refractivity contribution in [3.05, 3.63) is 64.7 Å². The van der Waals surface area contributed by atoms with E-state index in [1.807, 2.05) is 42.5 Å². The lowest BCUT2D eigenvalue weighted by atomic mass is 9.90. The maximum Gasteiger partial charge on any atom is 0.176 e. The van der Waals surface area contributed by atoms with Gasteiger partial charge in [-0.1, -0.05) is 35.9 Å². The normalized spacial score (nSPS) is 18.2. The van der Waals surface area contributed by atoms with Gasteiger partial charge in [-0.15, -0.1) is 11.8 Å². The van der Waals surface area contributed by atoms with E-state index in [4.69, 9.17) is 11.6 Å². The van der Waals surface area contributed by atoms with Crippen LogP contribution in [0.5, 0.6) is 0 Å². The highest BCUT2D eigenvalue weighted by Gasteiger charge is 2.27. The van der Waals surface area contributed by atoms with E-state index in [1.165, 1.54) is 5.56 Å². The van der Waals surface area contributed by atoms with Crippen molar-refractivity contribution in [1.82, 2.24) is 0 Å². The summed E-state index contributed by atoms with van der Waals surface area (Å²) in [5.41, 5.74) is 2.07. The number of carbonyl (C=O) groups excluding carboxylic acids is 1. The summed E-state index contributed by atoms with van der Waals surface area (Å²) in [7, 11) is 0. The van der Waals surface area contributed by atoms with Crippen LogP contribution in [-0.4, -0.2) is 11.0 Å². The molecule has 1 nitrogen and oxygen atoms in total. The molecule has 0 spiro atoms. The molecule has 3 rings (SSSR count). The molecule has 1 aliphatic rings. The number of hydrogen-bond donors (Lipinski definition) is 0. The van der Waals surface area contributed by atoms with Crippen molar-refractivity contribution in [2.75, 3.05) is 0 Å². The number of benzene rings is 2. The summed E-state index contributed by atoms with van der Waals surface area (Å²) >= 11 is 7.51. The third kappa shape index (κ3) is 2.70. The van der Waals surface area contributed by atoms with Crippen molar-refractivity contribution >= 4 is 29.1 Å². The van der Waals surface area contributed by atoms with Gasteiger partial charge in [0, 0.05) is 15.5 Å². The standard InChI is InChI=1S/C16H13ClOS/c17-12-6-8-13(9-7-12)19-15-10-5-11-3-1-2-4-14(11)16(15)18/h1-4,6-9,15H,5,10H2. The van der Waals surface area contributed by atoms with Crippen molar-refractivity contribution in [3.8, 4) is 0 Å². The fourth-order valence-electron chi connectivity index (χ4n) is 2.36. The van der Waals surface area contributed by atoms with Crippen LogP contribution >= 0.6 is 23.4 Å². The molecule has 96 valence electrons. The number of ketones is 1.